The third kappa shape index (κ3) is 3.91. The van der Waals surface area contributed by atoms with Crippen molar-refractivity contribution < 1.29 is 29.9 Å². The van der Waals surface area contributed by atoms with Gasteiger partial charge < -0.3 is 35.6 Å². The maximum Gasteiger partial charge on any atom is 0.175 e. The Bertz CT molecular complexity index is 438. The smallest absolute Gasteiger partial charge is 0.175 e. The largest absolute Gasteiger partial charge is 0.508 e. The van der Waals surface area contributed by atoms with Crippen LogP contribution in [-0.4, -0.2) is 64.3 Å². The minimum atomic E-state index is -1.23. The monoisotopic (exact) mass is 299 g/mol. The maximum atomic E-state index is 9.79. The van der Waals surface area contributed by atoms with Crippen LogP contribution in [0.1, 0.15) is 5.56 Å². The fraction of sp³-hybridized carbons (Fsp3) is 0.571. The molecule has 118 valence electrons. The topological polar surface area (TPSA) is 125 Å². The summed E-state index contributed by atoms with van der Waals surface area (Å²) in [5.74, 6) is 0.195. The molecule has 1 fully saturated rings. The Morgan fingerprint density at radius 2 is 1.81 bits per heavy atom. The fourth-order valence-electron chi connectivity index (χ4n) is 2.21. The van der Waals surface area contributed by atoms with Gasteiger partial charge in [0, 0.05) is 0 Å². The molecular formula is C14H21NO6. The zero-order chi connectivity index (χ0) is 15.4. The molecule has 1 aromatic carbocycles. The predicted molar refractivity (Wildman–Crippen MR) is 73.5 cm³/mol. The summed E-state index contributed by atoms with van der Waals surface area (Å²) in [5.41, 5.74) is 6.72. The van der Waals surface area contributed by atoms with Crippen molar-refractivity contribution in [2.45, 2.75) is 37.1 Å². The van der Waals surface area contributed by atoms with Crippen LogP contribution < -0.4 is 5.73 Å². The number of phenolic OH excluding ortho intramolecular Hbond substituents is 1. The lowest BCUT2D eigenvalue weighted by atomic mass is 9.98. The van der Waals surface area contributed by atoms with Gasteiger partial charge in [0.15, 0.2) is 6.29 Å². The van der Waals surface area contributed by atoms with Crippen LogP contribution in [0.25, 0.3) is 0 Å². The standard InChI is InChI=1S/C14H21NO6/c15-11-13(19)12(18)10(7-16)21-14(11)20-6-5-8-1-3-9(17)4-2-8/h1-4,10-14,16-19H,5-7,15H2/t10-,11-,12-,13-,14-/m1/s1. The van der Waals surface area contributed by atoms with Crippen LogP contribution in [0.2, 0.25) is 0 Å². The number of ether oxygens (including phenoxy) is 2. The second-order valence-corrected chi connectivity index (χ2v) is 5.07. The van der Waals surface area contributed by atoms with Crippen LogP contribution in [0.5, 0.6) is 5.75 Å². The average molecular weight is 299 g/mol. The average Bonchev–Trinajstić information content (AvgIpc) is 2.49. The van der Waals surface area contributed by atoms with E-state index in [-0.39, 0.29) is 5.75 Å². The Morgan fingerprint density at radius 1 is 1.14 bits per heavy atom. The molecule has 0 bridgehead atoms. The van der Waals surface area contributed by atoms with E-state index in [9.17, 15) is 15.3 Å². The SMILES string of the molecule is N[C@H]1[C@H](OCCc2ccc(O)cc2)O[C@H](CO)[C@@H](O)[C@@H]1O. The summed E-state index contributed by atoms with van der Waals surface area (Å²) >= 11 is 0. The summed E-state index contributed by atoms with van der Waals surface area (Å²) < 4.78 is 10.8. The molecule has 1 aromatic rings. The lowest BCUT2D eigenvalue weighted by Gasteiger charge is -2.40. The van der Waals surface area contributed by atoms with E-state index in [1.165, 1.54) is 0 Å². The molecule has 21 heavy (non-hydrogen) atoms. The number of rotatable bonds is 5. The predicted octanol–water partition coefficient (Wildman–Crippen LogP) is -1.28. The zero-order valence-electron chi connectivity index (χ0n) is 11.5. The molecule has 5 atom stereocenters. The second-order valence-electron chi connectivity index (χ2n) is 5.07. The van der Waals surface area contributed by atoms with Crippen molar-refractivity contribution in [3.8, 4) is 5.75 Å². The second kappa shape index (κ2) is 7.17. The number of nitrogens with two attached hydrogens (primary N) is 1. The van der Waals surface area contributed by atoms with Gasteiger partial charge in [-0.3, -0.25) is 0 Å². The van der Waals surface area contributed by atoms with E-state index in [2.05, 4.69) is 0 Å². The molecule has 7 nitrogen and oxygen atoms in total. The molecule has 0 aliphatic carbocycles. The third-order valence-corrected chi connectivity index (χ3v) is 3.54. The molecule has 1 saturated heterocycles. The molecule has 1 aliphatic heterocycles. The Kier molecular flexibility index (Phi) is 5.51. The van der Waals surface area contributed by atoms with E-state index in [4.69, 9.17) is 20.3 Å². The third-order valence-electron chi connectivity index (χ3n) is 3.54. The van der Waals surface area contributed by atoms with Crippen LogP contribution in [0.3, 0.4) is 0 Å². The van der Waals surface area contributed by atoms with Gasteiger partial charge in [0.05, 0.1) is 19.3 Å². The van der Waals surface area contributed by atoms with E-state index >= 15 is 0 Å². The van der Waals surface area contributed by atoms with Gasteiger partial charge in [-0.2, -0.15) is 0 Å². The van der Waals surface area contributed by atoms with Gasteiger partial charge in [-0.25, -0.2) is 0 Å². The number of hydrogen-bond acceptors (Lipinski definition) is 7. The van der Waals surface area contributed by atoms with Crippen molar-refractivity contribution in [2.24, 2.45) is 5.73 Å². The quantitative estimate of drug-likeness (QED) is 0.458. The summed E-state index contributed by atoms with van der Waals surface area (Å²) in [4.78, 5) is 0. The number of aromatic hydroxyl groups is 1. The highest BCUT2D eigenvalue weighted by atomic mass is 16.7. The summed E-state index contributed by atoms with van der Waals surface area (Å²) in [5, 5.41) is 37.7. The van der Waals surface area contributed by atoms with Crippen LogP contribution in [0.4, 0.5) is 0 Å². The molecule has 0 spiro atoms. The normalized spacial score (nSPS) is 33.0. The van der Waals surface area contributed by atoms with Crippen molar-refractivity contribution in [1.82, 2.24) is 0 Å². The van der Waals surface area contributed by atoms with Gasteiger partial charge in [0.25, 0.3) is 0 Å². The summed E-state index contributed by atoms with van der Waals surface area (Å²) in [6, 6.07) is 5.83. The highest BCUT2D eigenvalue weighted by Gasteiger charge is 2.42. The van der Waals surface area contributed by atoms with Crippen molar-refractivity contribution in [3.63, 3.8) is 0 Å². The van der Waals surface area contributed by atoms with Crippen LogP contribution >= 0.6 is 0 Å². The number of aliphatic hydroxyl groups is 3. The first-order valence-corrected chi connectivity index (χ1v) is 6.80. The molecule has 0 radical (unpaired) electrons. The Morgan fingerprint density at radius 3 is 2.43 bits per heavy atom. The minimum Gasteiger partial charge on any atom is -0.508 e. The Hall–Kier alpha value is -1.22. The van der Waals surface area contributed by atoms with Gasteiger partial charge in [0.2, 0.25) is 0 Å². The van der Waals surface area contributed by atoms with E-state index in [1.807, 2.05) is 0 Å². The maximum absolute atomic E-state index is 9.79. The van der Waals surface area contributed by atoms with E-state index in [1.54, 1.807) is 24.3 Å². The molecule has 1 aliphatic rings. The fourth-order valence-corrected chi connectivity index (χ4v) is 2.21. The molecule has 0 saturated carbocycles. The summed E-state index contributed by atoms with van der Waals surface area (Å²) in [6.07, 6.45) is -3.68. The van der Waals surface area contributed by atoms with Crippen molar-refractivity contribution in [2.75, 3.05) is 13.2 Å². The van der Waals surface area contributed by atoms with Crippen LogP contribution in [0, 0.1) is 0 Å². The van der Waals surface area contributed by atoms with Gasteiger partial charge >= 0.3 is 0 Å². The summed E-state index contributed by atoms with van der Waals surface area (Å²) in [6.45, 7) is -0.132. The Balaban J connectivity index is 1.85. The van der Waals surface area contributed by atoms with Gasteiger partial charge in [-0.15, -0.1) is 0 Å². The number of hydrogen-bond donors (Lipinski definition) is 5. The van der Waals surface area contributed by atoms with Crippen LogP contribution in [0.15, 0.2) is 24.3 Å². The molecule has 7 heteroatoms. The number of benzene rings is 1. The van der Waals surface area contributed by atoms with Gasteiger partial charge in [-0.1, -0.05) is 12.1 Å². The first-order valence-electron chi connectivity index (χ1n) is 6.80. The molecule has 0 unspecified atom stereocenters. The first-order chi connectivity index (χ1) is 10.0. The molecule has 6 N–H and O–H groups in total. The molecular weight excluding hydrogens is 278 g/mol. The lowest BCUT2D eigenvalue weighted by Crippen LogP contribution is -2.62. The zero-order valence-corrected chi connectivity index (χ0v) is 11.5. The van der Waals surface area contributed by atoms with E-state index in [0.717, 1.165) is 5.56 Å². The molecule has 1 heterocycles. The van der Waals surface area contributed by atoms with Crippen LogP contribution in [-0.2, 0) is 15.9 Å². The highest BCUT2D eigenvalue weighted by molar-refractivity contribution is 5.25. The van der Waals surface area contributed by atoms with E-state index < -0.39 is 37.3 Å². The van der Waals surface area contributed by atoms with E-state index in [0.29, 0.717) is 13.0 Å². The summed E-state index contributed by atoms with van der Waals surface area (Å²) in [7, 11) is 0. The molecule has 2 rings (SSSR count). The van der Waals surface area contributed by atoms with Gasteiger partial charge in [-0.05, 0) is 24.1 Å². The lowest BCUT2D eigenvalue weighted by molar-refractivity contribution is -0.265. The van der Waals surface area contributed by atoms with Crippen molar-refractivity contribution in [3.05, 3.63) is 29.8 Å². The minimum absolute atomic E-state index is 0.195. The number of aliphatic hydroxyl groups excluding tert-OH is 3. The first kappa shape index (κ1) is 16.2. The Labute approximate surface area is 122 Å². The molecule has 0 amide bonds. The highest BCUT2D eigenvalue weighted by Crippen LogP contribution is 2.21. The van der Waals surface area contributed by atoms with Crippen molar-refractivity contribution in [1.29, 1.82) is 0 Å². The van der Waals surface area contributed by atoms with Crippen molar-refractivity contribution >= 4 is 0 Å². The number of phenols is 1. The molecule has 0 aromatic heterocycles. The van der Waals surface area contributed by atoms with Gasteiger partial charge in [0.1, 0.15) is 24.1 Å².